The summed E-state index contributed by atoms with van der Waals surface area (Å²) in [6.07, 6.45) is 3.32. The van der Waals surface area contributed by atoms with Crippen LogP contribution in [0.5, 0.6) is 0 Å². The molecule has 0 aliphatic carbocycles. The van der Waals surface area contributed by atoms with Gasteiger partial charge in [-0.15, -0.1) is 0 Å². The van der Waals surface area contributed by atoms with Crippen LogP contribution in [0.2, 0.25) is 0 Å². The number of furan rings is 1. The zero-order valence-corrected chi connectivity index (χ0v) is 11.1. The molecule has 0 bridgehead atoms. The third-order valence-corrected chi connectivity index (χ3v) is 3.44. The standard InChI is InChI=1S/C14H21NO3/c1-10(2)7-12-11(8-13(18-12)14(16)17)9-15-5-3-4-6-15/h8,10H,3-7,9H2,1-2H3,(H,16,17). The van der Waals surface area contributed by atoms with Gasteiger partial charge in [0.25, 0.3) is 0 Å². The quantitative estimate of drug-likeness (QED) is 0.802. The smallest absolute Gasteiger partial charge is 0.150 e. The fourth-order valence-electron chi connectivity index (χ4n) is 2.58. The summed E-state index contributed by atoms with van der Waals surface area (Å²) in [5, 5.41) is 10.9. The van der Waals surface area contributed by atoms with Crippen molar-refractivity contribution in [2.75, 3.05) is 13.1 Å². The Bertz CT molecular complexity index is 417. The maximum absolute atomic E-state index is 10.9. The highest BCUT2D eigenvalue weighted by Crippen LogP contribution is 2.18. The molecule has 1 aromatic heterocycles. The van der Waals surface area contributed by atoms with Gasteiger partial charge in [-0.1, -0.05) is 13.8 Å². The van der Waals surface area contributed by atoms with Crippen molar-refractivity contribution in [3.63, 3.8) is 0 Å². The van der Waals surface area contributed by atoms with Crippen molar-refractivity contribution < 1.29 is 19.2 Å². The van der Waals surface area contributed by atoms with E-state index in [4.69, 9.17) is 4.42 Å². The van der Waals surface area contributed by atoms with Gasteiger partial charge in [-0.25, -0.2) is 0 Å². The molecule has 4 heteroatoms. The monoisotopic (exact) mass is 251 g/mol. The number of carbonyl (C=O) groups excluding carboxylic acids is 1. The van der Waals surface area contributed by atoms with Gasteiger partial charge in [0.1, 0.15) is 24.0 Å². The van der Waals surface area contributed by atoms with Crippen LogP contribution in [0.4, 0.5) is 0 Å². The minimum Gasteiger partial charge on any atom is -0.542 e. The summed E-state index contributed by atoms with van der Waals surface area (Å²) in [4.78, 5) is 12.4. The third-order valence-electron chi connectivity index (χ3n) is 3.44. The number of carboxylic acids is 1. The topological polar surface area (TPSA) is 57.7 Å². The van der Waals surface area contributed by atoms with Crippen molar-refractivity contribution >= 4 is 5.97 Å². The van der Waals surface area contributed by atoms with Crippen LogP contribution in [0, 0.1) is 5.92 Å². The van der Waals surface area contributed by atoms with Gasteiger partial charge in [0.2, 0.25) is 0 Å². The zero-order valence-electron chi connectivity index (χ0n) is 11.1. The maximum Gasteiger partial charge on any atom is 0.150 e. The number of carboxylic acid groups (broad SMARTS) is 1. The molecule has 1 fully saturated rings. The van der Waals surface area contributed by atoms with Gasteiger partial charge in [0.05, 0.1) is 13.1 Å². The number of aromatic carboxylic acids is 1. The first-order chi connectivity index (χ1) is 8.56. The van der Waals surface area contributed by atoms with E-state index >= 15 is 0 Å². The summed E-state index contributed by atoms with van der Waals surface area (Å²) in [5.74, 6) is 0.0311. The highest BCUT2D eigenvalue weighted by molar-refractivity contribution is 5.82. The van der Waals surface area contributed by atoms with Crippen LogP contribution in [0.1, 0.15) is 48.6 Å². The van der Waals surface area contributed by atoms with E-state index in [0.717, 1.165) is 24.3 Å². The van der Waals surface area contributed by atoms with Gasteiger partial charge < -0.3 is 19.2 Å². The van der Waals surface area contributed by atoms with Crippen LogP contribution in [-0.2, 0) is 13.0 Å². The van der Waals surface area contributed by atoms with Crippen LogP contribution in [0.15, 0.2) is 10.5 Å². The van der Waals surface area contributed by atoms with Crippen LogP contribution < -0.4 is 10.0 Å². The van der Waals surface area contributed by atoms with Crippen molar-refractivity contribution in [3.05, 3.63) is 23.2 Å². The van der Waals surface area contributed by atoms with E-state index < -0.39 is 5.97 Å². The molecule has 0 spiro atoms. The van der Waals surface area contributed by atoms with Gasteiger partial charge in [-0.2, -0.15) is 0 Å². The fourth-order valence-corrected chi connectivity index (χ4v) is 2.58. The average molecular weight is 251 g/mol. The molecule has 1 saturated heterocycles. The highest BCUT2D eigenvalue weighted by Gasteiger charge is 2.21. The van der Waals surface area contributed by atoms with Gasteiger partial charge in [0.15, 0.2) is 0 Å². The van der Waals surface area contributed by atoms with Crippen LogP contribution in [-0.4, -0.2) is 19.1 Å². The van der Waals surface area contributed by atoms with E-state index in [1.165, 1.54) is 30.8 Å². The largest absolute Gasteiger partial charge is 0.542 e. The van der Waals surface area contributed by atoms with E-state index in [2.05, 4.69) is 13.8 Å². The summed E-state index contributed by atoms with van der Waals surface area (Å²) in [6, 6.07) is 1.65. The summed E-state index contributed by atoms with van der Waals surface area (Å²) in [6.45, 7) is 7.43. The Balaban J connectivity index is 2.16. The van der Waals surface area contributed by atoms with E-state index in [1.807, 2.05) is 0 Å². The SMILES string of the molecule is CC(C)Cc1oc(C(=O)[O-])cc1C[NH+]1CCCC1. The highest BCUT2D eigenvalue weighted by atomic mass is 16.4. The van der Waals surface area contributed by atoms with E-state index in [0.29, 0.717) is 5.92 Å². The van der Waals surface area contributed by atoms with Crippen LogP contribution in [0.25, 0.3) is 0 Å². The lowest BCUT2D eigenvalue weighted by molar-refractivity contribution is -0.901. The molecule has 18 heavy (non-hydrogen) atoms. The van der Waals surface area contributed by atoms with Gasteiger partial charge in [0, 0.05) is 24.8 Å². The lowest BCUT2D eigenvalue weighted by Gasteiger charge is -2.12. The Hall–Kier alpha value is -1.29. The first-order valence-corrected chi connectivity index (χ1v) is 6.72. The van der Waals surface area contributed by atoms with Crippen molar-refractivity contribution in [1.82, 2.24) is 0 Å². The molecule has 2 heterocycles. The predicted molar refractivity (Wildman–Crippen MR) is 65.2 cm³/mol. The lowest BCUT2D eigenvalue weighted by Crippen LogP contribution is -3.08. The molecule has 1 aromatic rings. The fraction of sp³-hybridized carbons (Fsp3) is 0.643. The van der Waals surface area contributed by atoms with Gasteiger partial charge >= 0.3 is 0 Å². The first kappa shape index (κ1) is 13.1. The number of quaternary nitrogens is 1. The Labute approximate surface area is 108 Å². The second-order valence-electron chi connectivity index (χ2n) is 5.58. The molecule has 2 rings (SSSR count). The third kappa shape index (κ3) is 3.13. The number of likely N-dealkylation sites (tertiary alicyclic amines) is 1. The Kier molecular flexibility index (Phi) is 4.07. The molecule has 1 aliphatic rings. The zero-order chi connectivity index (χ0) is 13.1. The summed E-state index contributed by atoms with van der Waals surface area (Å²) in [5.41, 5.74) is 1.04. The van der Waals surface area contributed by atoms with E-state index in [1.54, 1.807) is 6.07 Å². The second-order valence-corrected chi connectivity index (χ2v) is 5.58. The number of hydrogen-bond acceptors (Lipinski definition) is 3. The molecule has 100 valence electrons. The molecule has 0 amide bonds. The van der Waals surface area contributed by atoms with Crippen molar-refractivity contribution in [1.29, 1.82) is 0 Å². The van der Waals surface area contributed by atoms with Gasteiger partial charge in [-0.3, -0.25) is 0 Å². The van der Waals surface area contributed by atoms with E-state index in [9.17, 15) is 9.90 Å². The van der Waals surface area contributed by atoms with Crippen LogP contribution in [0.3, 0.4) is 0 Å². The molecular formula is C14H21NO3. The van der Waals surface area contributed by atoms with E-state index in [-0.39, 0.29) is 5.76 Å². The average Bonchev–Trinajstić information content (AvgIpc) is 2.89. The summed E-state index contributed by atoms with van der Waals surface area (Å²) >= 11 is 0. The van der Waals surface area contributed by atoms with Crippen molar-refractivity contribution in [3.8, 4) is 0 Å². The molecule has 0 saturated carbocycles. The molecule has 0 unspecified atom stereocenters. The number of hydrogen-bond donors (Lipinski definition) is 1. The Morgan fingerprint density at radius 3 is 2.67 bits per heavy atom. The number of carbonyl (C=O) groups is 1. The molecule has 1 aliphatic heterocycles. The molecule has 0 radical (unpaired) electrons. The summed E-state index contributed by atoms with van der Waals surface area (Å²) < 4.78 is 5.42. The molecule has 1 N–H and O–H groups in total. The molecule has 4 nitrogen and oxygen atoms in total. The van der Waals surface area contributed by atoms with Crippen LogP contribution >= 0.6 is 0 Å². The number of rotatable bonds is 5. The minimum atomic E-state index is -1.22. The summed E-state index contributed by atoms with van der Waals surface area (Å²) in [7, 11) is 0. The Morgan fingerprint density at radius 1 is 1.44 bits per heavy atom. The predicted octanol–water partition coefficient (Wildman–Crippen LogP) is 0.0203. The van der Waals surface area contributed by atoms with Gasteiger partial charge in [-0.05, 0) is 12.0 Å². The second kappa shape index (κ2) is 5.57. The molecular weight excluding hydrogens is 230 g/mol. The molecule has 0 aromatic carbocycles. The lowest BCUT2D eigenvalue weighted by atomic mass is 10.1. The maximum atomic E-state index is 10.9. The minimum absolute atomic E-state index is 0.0285. The van der Waals surface area contributed by atoms with Crippen molar-refractivity contribution in [2.24, 2.45) is 5.92 Å². The van der Waals surface area contributed by atoms with Crippen molar-refractivity contribution in [2.45, 2.75) is 39.7 Å². The normalized spacial score (nSPS) is 16.6. The Morgan fingerprint density at radius 2 is 2.11 bits per heavy atom. The first-order valence-electron chi connectivity index (χ1n) is 6.72. The number of nitrogens with one attached hydrogen (secondary N) is 1. The molecule has 0 atom stereocenters.